The van der Waals surface area contributed by atoms with E-state index in [2.05, 4.69) is 10.2 Å². The fourth-order valence-corrected chi connectivity index (χ4v) is 3.09. The zero-order chi connectivity index (χ0) is 17.4. The first-order valence-electron chi connectivity index (χ1n) is 7.83. The van der Waals surface area contributed by atoms with Gasteiger partial charge in [0.1, 0.15) is 0 Å². The zero-order valence-corrected chi connectivity index (χ0v) is 13.3. The fourth-order valence-electron chi connectivity index (χ4n) is 3.09. The lowest BCUT2D eigenvalue weighted by Gasteiger charge is -2.13. The number of rotatable bonds is 4. The molecule has 2 aromatic carbocycles. The number of aromatic nitrogens is 3. The van der Waals surface area contributed by atoms with Gasteiger partial charge in [0.15, 0.2) is 0 Å². The van der Waals surface area contributed by atoms with Gasteiger partial charge in [-0.1, -0.05) is 18.2 Å². The lowest BCUT2D eigenvalue weighted by molar-refractivity contribution is 0.100. The van der Waals surface area contributed by atoms with Gasteiger partial charge in [0.05, 0.1) is 29.2 Å². The number of carbonyl (C=O) groups is 1. The van der Waals surface area contributed by atoms with Gasteiger partial charge in [0, 0.05) is 22.7 Å². The summed E-state index contributed by atoms with van der Waals surface area (Å²) in [5.41, 5.74) is 10.2. The summed E-state index contributed by atoms with van der Waals surface area (Å²) in [6.45, 7) is -0.0718. The van der Waals surface area contributed by atoms with Crippen molar-refractivity contribution in [2.24, 2.45) is 5.73 Å². The number of aliphatic hydroxyl groups excluding tert-OH is 1. The number of benzene rings is 2. The van der Waals surface area contributed by atoms with Crippen LogP contribution in [0.3, 0.4) is 0 Å². The van der Waals surface area contributed by atoms with Gasteiger partial charge in [-0.15, -0.1) is 0 Å². The molecule has 6 heteroatoms. The summed E-state index contributed by atoms with van der Waals surface area (Å²) in [4.78, 5) is 11.5. The minimum atomic E-state index is -0.464. The number of hydrogen-bond donors (Lipinski definition) is 3. The van der Waals surface area contributed by atoms with Crippen molar-refractivity contribution < 1.29 is 9.90 Å². The van der Waals surface area contributed by atoms with Crippen molar-refractivity contribution in [2.75, 3.05) is 0 Å². The highest BCUT2D eigenvalue weighted by Gasteiger charge is 2.16. The second-order valence-corrected chi connectivity index (χ2v) is 5.76. The van der Waals surface area contributed by atoms with E-state index in [0.717, 1.165) is 33.5 Å². The minimum Gasteiger partial charge on any atom is -0.392 e. The molecule has 0 bridgehead atoms. The van der Waals surface area contributed by atoms with E-state index in [1.54, 1.807) is 18.3 Å². The molecule has 0 unspecified atom stereocenters. The van der Waals surface area contributed by atoms with Gasteiger partial charge in [0.2, 0.25) is 5.91 Å². The maximum atomic E-state index is 11.5. The van der Waals surface area contributed by atoms with Crippen LogP contribution in [0.4, 0.5) is 0 Å². The Bertz CT molecular complexity index is 1060. The van der Waals surface area contributed by atoms with Crippen molar-refractivity contribution in [2.45, 2.75) is 6.61 Å². The molecule has 2 aromatic heterocycles. The number of aliphatic hydroxyl groups is 1. The number of carbonyl (C=O) groups excluding carboxylic acids is 1. The molecule has 0 atom stereocenters. The van der Waals surface area contributed by atoms with Gasteiger partial charge in [0.25, 0.3) is 0 Å². The summed E-state index contributed by atoms with van der Waals surface area (Å²) in [5, 5.41) is 17.6. The van der Waals surface area contributed by atoms with Crippen LogP contribution in [0.2, 0.25) is 0 Å². The summed E-state index contributed by atoms with van der Waals surface area (Å²) in [7, 11) is 0. The Kier molecular flexibility index (Phi) is 3.59. The average Bonchev–Trinajstić information content (AvgIpc) is 3.28. The Hall–Kier alpha value is -3.38. The Morgan fingerprint density at radius 2 is 2.00 bits per heavy atom. The van der Waals surface area contributed by atoms with E-state index >= 15 is 0 Å². The molecule has 2 heterocycles. The molecule has 0 saturated heterocycles. The van der Waals surface area contributed by atoms with Gasteiger partial charge in [-0.2, -0.15) is 5.10 Å². The van der Waals surface area contributed by atoms with Crippen molar-refractivity contribution in [3.8, 4) is 17.1 Å². The molecular formula is C19H16N4O2. The number of nitrogens with zero attached hydrogens (tertiary/aromatic N) is 2. The molecule has 4 rings (SSSR count). The maximum Gasteiger partial charge on any atom is 0.248 e. The average molecular weight is 332 g/mol. The number of nitrogens with two attached hydrogens (primary N) is 1. The van der Waals surface area contributed by atoms with Crippen LogP contribution < -0.4 is 5.73 Å². The second kappa shape index (κ2) is 5.92. The zero-order valence-electron chi connectivity index (χ0n) is 13.3. The number of aromatic amines is 1. The van der Waals surface area contributed by atoms with Crippen LogP contribution in [0.25, 0.3) is 28.0 Å². The van der Waals surface area contributed by atoms with E-state index in [-0.39, 0.29) is 6.61 Å². The summed E-state index contributed by atoms with van der Waals surface area (Å²) < 4.78 is 2.04. The number of hydrogen-bond acceptors (Lipinski definition) is 3. The van der Waals surface area contributed by atoms with Gasteiger partial charge in [-0.3, -0.25) is 9.89 Å². The molecule has 0 aliphatic rings. The van der Waals surface area contributed by atoms with E-state index in [1.165, 1.54) is 0 Å². The highest BCUT2D eigenvalue weighted by atomic mass is 16.3. The van der Waals surface area contributed by atoms with Gasteiger partial charge < -0.3 is 15.4 Å². The lowest BCUT2D eigenvalue weighted by Crippen LogP contribution is -2.10. The van der Waals surface area contributed by atoms with Crippen LogP contribution in [-0.4, -0.2) is 25.8 Å². The van der Waals surface area contributed by atoms with E-state index in [1.807, 2.05) is 47.0 Å². The van der Waals surface area contributed by atoms with E-state index in [0.29, 0.717) is 5.56 Å². The first kappa shape index (κ1) is 15.2. The van der Waals surface area contributed by atoms with Crippen molar-refractivity contribution in [1.29, 1.82) is 0 Å². The smallest absolute Gasteiger partial charge is 0.248 e. The van der Waals surface area contributed by atoms with E-state index in [9.17, 15) is 9.90 Å². The van der Waals surface area contributed by atoms with Gasteiger partial charge in [-0.25, -0.2) is 0 Å². The van der Waals surface area contributed by atoms with Crippen molar-refractivity contribution >= 4 is 16.8 Å². The molecular weight excluding hydrogens is 316 g/mol. The Labute approximate surface area is 143 Å². The van der Waals surface area contributed by atoms with Gasteiger partial charge >= 0.3 is 0 Å². The Morgan fingerprint density at radius 3 is 2.72 bits per heavy atom. The summed E-state index contributed by atoms with van der Waals surface area (Å²) in [6, 6.07) is 16.8. The predicted molar refractivity (Wildman–Crippen MR) is 95.3 cm³/mol. The third-order valence-electron chi connectivity index (χ3n) is 4.27. The molecule has 1 amide bonds. The fraction of sp³-hybridized carbons (Fsp3) is 0.0526. The van der Waals surface area contributed by atoms with Crippen molar-refractivity contribution in [3.63, 3.8) is 0 Å². The quantitative estimate of drug-likeness (QED) is 0.536. The number of primary amides is 1. The number of fused-ring (bicyclic) bond motifs is 1. The number of para-hydroxylation sites is 1. The van der Waals surface area contributed by atoms with Gasteiger partial charge in [-0.05, 0) is 36.4 Å². The summed E-state index contributed by atoms with van der Waals surface area (Å²) >= 11 is 0. The largest absolute Gasteiger partial charge is 0.392 e. The molecule has 0 aliphatic carbocycles. The number of nitrogens with one attached hydrogen (secondary N) is 1. The summed E-state index contributed by atoms with van der Waals surface area (Å²) in [6.07, 6.45) is 1.68. The Morgan fingerprint density at radius 1 is 1.16 bits per heavy atom. The topological polar surface area (TPSA) is 96.9 Å². The van der Waals surface area contributed by atoms with E-state index < -0.39 is 5.91 Å². The van der Waals surface area contributed by atoms with Crippen molar-refractivity contribution in [3.05, 3.63) is 71.9 Å². The SMILES string of the molecule is NC(=O)c1ccc2c(c1)cc(-c1ccn[nH]1)n2-c1ccccc1CO. The second-order valence-electron chi connectivity index (χ2n) is 5.76. The normalized spacial score (nSPS) is 11.1. The highest BCUT2D eigenvalue weighted by molar-refractivity contribution is 5.99. The molecule has 0 aliphatic heterocycles. The van der Waals surface area contributed by atoms with Crippen LogP contribution in [0.15, 0.2) is 60.8 Å². The van der Waals surface area contributed by atoms with Crippen LogP contribution in [0.5, 0.6) is 0 Å². The van der Waals surface area contributed by atoms with Crippen LogP contribution in [0, 0.1) is 0 Å². The van der Waals surface area contributed by atoms with Crippen LogP contribution in [-0.2, 0) is 6.61 Å². The third-order valence-corrected chi connectivity index (χ3v) is 4.27. The third kappa shape index (κ3) is 2.49. The maximum absolute atomic E-state index is 11.5. The molecule has 0 fully saturated rings. The minimum absolute atomic E-state index is 0.0718. The predicted octanol–water partition coefficient (Wildman–Crippen LogP) is 2.61. The highest BCUT2D eigenvalue weighted by Crippen LogP contribution is 2.32. The molecule has 0 radical (unpaired) electrons. The van der Waals surface area contributed by atoms with Crippen LogP contribution >= 0.6 is 0 Å². The van der Waals surface area contributed by atoms with Crippen molar-refractivity contribution in [1.82, 2.24) is 14.8 Å². The standard InChI is InChI=1S/C19H16N4O2/c20-19(25)12-5-6-17-14(9-12)10-18(15-7-8-21-22-15)23(17)16-4-2-1-3-13(16)11-24/h1-10,24H,11H2,(H2,20,25)(H,21,22). The Balaban J connectivity index is 2.07. The molecule has 124 valence electrons. The molecule has 25 heavy (non-hydrogen) atoms. The van der Waals surface area contributed by atoms with Crippen LogP contribution in [0.1, 0.15) is 15.9 Å². The first-order chi connectivity index (χ1) is 12.2. The molecule has 0 saturated carbocycles. The molecule has 6 nitrogen and oxygen atoms in total. The first-order valence-corrected chi connectivity index (χ1v) is 7.83. The van der Waals surface area contributed by atoms with E-state index in [4.69, 9.17) is 5.73 Å². The monoisotopic (exact) mass is 332 g/mol. The summed E-state index contributed by atoms with van der Waals surface area (Å²) in [5.74, 6) is -0.464. The molecule has 4 N–H and O–H groups in total. The number of amides is 1. The number of H-pyrrole nitrogens is 1. The lowest BCUT2D eigenvalue weighted by atomic mass is 10.1. The molecule has 0 spiro atoms. The molecule has 4 aromatic rings.